The lowest BCUT2D eigenvalue weighted by Gasteiger charge is -2.38. The number of hydrogen-bond donors (Lipinski definition) is 0. The van der Waals surface area contributed by atoms with E-state index in [0.29, 0.717) is 30.6 Å². The Morgan fingerprint density at radius 3 is 2.47 bits per heavy atom. The average Bonchev–Trinajstić information content (AvgIpc) is 3.08. The number of ether oxygens (including phenoxy) is 1. The van der Waals surface area contributed by atoms with Crippen molar-refractivity contribution in [2.24, 2.45) is 0 Å². The molecule has 10 nitrogen and oxygen atoms in total. The van der Waals surface area contributed by atoms with Crippen molar-refractivity contribution in [2.45, 2.75) is 52.2 Å². The maximum Gasteiger partial charge on any atom is 0.410 e. The van der Waals surface area contributed by atoms with E-state index in [0.717, 1.165) is 4.68 Å². The number of amides is 2. The van der Waals surface area contributed by atoms with Crippen LogP contribution < -0.4 is 5.69 Å². The van der Waals surface area contributed by atoms with Gasteiger partial charge < -0.3 is 14.5 Å². The molecule has 0 aliphatic carbocycles. The summed E-state index contributed by atoms with van der Waals surface area (Å²) in [5.74, 6) is 0. The van der Waals surface area contributed by atoms with Gasteiger partial charge in [0.2, 0.25) is 0 Å². The van der Waals surface area contributed by atoms with Gasteiger partial charge in [-0.05, 0) is 63.1 Å². The van der Waals surface area contributed by atoms with Gasteiger partial charge in [-0.15, -0.1) is 4.68 Å². The molecule has 0 radical (unpaired) electrons. The summed E-state index contributed by atoms with van der Waals surface area (Å²) in [7, 11) is 0. The minimum Gasteiger partial charge on any atom is -0.444 e. The van der Waals surface area contributed by atoms with Crippen LogP contribution in [0.1, 0.15) is 40.5 Å². The normalized spacial score (nSPS) is 16.7. The van der Waals surface area contributed by atoms with E-state index in [1.54, 1.807) is 43.9 Å². The van der Waals surface area contributed by atoms with Crippen molar-refractivity contribution in [1.29, 1.82) is 0 Å². The number of tetrazole rings is 1. The minimum atomic E-state index is -0.786. The molecule has 1 unspecified atom stereocenters. The summed E-state index contributed by atoms with van der Waals surface area (Å²) in [4.78, 5) is 41.6. The van der Waals surface area contributed by atoms with Crippen molar-refractivity contribution in [3.05, 3.63) is 38.7 Å². The number of carbonyl (C=O) groups excluding carboxylic acids is 2. The number of likely N-dealkylation sites (tertiary alicyclic amines) is 1. The van der Waals surface area contributed by atoms with Gasteiger partial charge >= 0.3 is 17.8 Å². The molecular formula is C20H26Cl2N6O4. The van der Waals surface area contributed by atoms with Gasteiger partial charge in [-0.2, -0.15) is 4.68 Å². The smallest absolute Gasteiger partial charge is 0.410 e. The molecule has 0 N–H and O–H groups in total. The Balaban J connectivity index is 1.81. The van der Waals surface area contributed by atoms with Gasteiger partial charge in [-0.25, -0.2) is 14.4 Å². The average molecular weight is 485 g/mol. The number of nitrogens with zero attached hydrogens (tertiary/aromatic N) is 6. The van der Waals surface area contributed by atoms with Gasteiger partial charge in [0.1, 0.15) is 11.3 Å². The van der Waals surface area contributed by atoms with Crippen molar-refractivity contribution in [3.8, 4) is 5.69 Å². The summed E-state index contributed by atoms with van der Waals surface area (Å²) in [6.07, 6.45) is 0.943. The molecular weight excluding hydrogens is 459 g/mol. The van der Waals surface area contributed by atoms with Crippen LogP contribution in [0, 0.1) is 0 Å². The summed E-state index contributed by atoms with van der Waals surface area (Å²) in [6.45, 7) is 8.37. The van der Waals surface area contributed by atoms with Crippen LogP contribution in [0.4, 0.5) is 9.59 Å². The summed E-state index contributed by atoms with van der Waals surface area (Å²) in [6, 6.07) is 3.88. The Hall–Kier alpha value is -2.59. The zero-order chi connectivity index (χ0) is 23.6. The third-order valence-electron chi connectivity index (χ3n) is 4.99. The number of hydrogen-bond acceptors (Lipinski definition) is 6. The molecule has 2 amide bonds. The SMILES string of the molecule is CCN(C(=O)OC(C)(C)C)C1CCCN(C(=O)n2nnn(-c3c(Cl)cccc3Cl)c2=O)C1. The van der Waals surface area contributed by atoms with Crippen LogP contribution in [0.25, 0.3) is 5.69 Å². The molecule has 1 aromatic carbocycles. The molecule has 12 heteroatoms. The van der Waals surface area contributed by atoms with Crippen LogP contribution in [0.3, 0.4) is 0 Å². The number of aromatic nitrogens is 4. The molecule has 3 rings (SSSR count). The summed E-state index contributed by atoms with van der Waals surface area (Å²) in [5.41, 5.74) is -1.26. The maximum absolute atomic E-state index is 13.1. The highest BCUT2D eigenvalue weighted by Crippen LogP contribution is 2.26. The van der Waals surface area contributed by atoms with Crippen LogP contribution in [0.15, 0.2) is 23.0 Å². The van der Waals surface area contributed by atoms with E-state index >= 15 is 0 Å². The van der Waals surface area contributed by atoms with Gasteiger partial charge in [0.05, 0.1) is 16.1 Å². The lowest BCUT2D eigenvalue weighted by Crippen LogP contribution is -2.54. The first-order valence-corrected chi connectivity index (χ1v) is 11.1. The summed E-state index contributed by atoms with van der Waals surface area (Å²) in [5, 5.41) is 7.91. The molecule has 2 heterocycles. The van der Waals surface area contributed by atoms with Crippen molar-refractivity contribution < 1.29 is 14.3 Å². The van der Waals surface area contributed by atoms with Crippen molar-refractivity contribution >= 4 is 35.3 Å². The first-order chi connectivity index (χ1) is 15.0. The molecule has 1 aliphatic heterocycles. The highest BCUT2D eigenvalue weighted by molar-refractivity contribution is 6.37. The maximum atomic E-state index is 13.1. The van der Waals surface area contributed by atoms with Crippen LogP contribution in [0.5, 0.6) is 0 Å². The molecule has 1 atom stereocenters. The van der Waals surface area contributed by atoms with Crippen LogP contribution in [0.2, 0.25) is 10.0 Å². The monoisotopic (exact) mass is 484 g/mol. The van der Waals surface area contributed by atoms with E-state index in [1.165, 1.54) is 4.90 Å². The Labute approximate surface area is 195 Å². The predicted molar refractivity (Wildman–Crippen MR) is 120 cm³/mol. The zero-order valence-electron chi connectivity index (χ0n) is 18.4. The van der Waals surface area contributed by atoms with Crippen molar-refractivity contribution in [3.63, 3.8) is 0 Å². The Morgan fingerprint density at radius 2 is 1.88 bits per heavy atom. The Bertz CT molecular complexity index is 1040. The highest BCUT2D eigenvalue weighted by atomic mass is 35.5. The molecule has 0 spiro atoms. The molecule has 1 fully saturated rings. The van der Waals surface area contributed by atoms with E-state index < -0.39 is 23.4 Å². The van der Waals surface area contributed by atoms with Crippen LogP contribution in [-0.2, 0) is 4.74 Å². The Morgan fingerprint density at radius 1 is 1.22 bits per heavy atom. The number of piperidine rings is 1. The predicted octanol–water partition coefficient (Wildman–Crippen LogP) is 3.43. The molecule has 2 aromatic rings. The van der Waals surface area contributed by atoms with E-state index in [4.69, 9.17) is 27.9 Å². The standard InChI is InChI=1S/C20H26Cl2N6O4/c1-5-26(19(31)32-20(2,3)4)13-8-7-11-25(12-13)17(29)28-18(30)27(23-24-28)16-14(21)9-6-10-15(16)22/h6,9-10,13H,5,7-8,11-12H2,1-4H3. The first kappa shape index (κ1) is 24.1. The number of rotatable bonds is 3. The molecule has 1 aromatic heterocycles. The number of para-hydroxylation sites is 1. The van der Waals surface area contributed by atoms with E-state index in [-0.39, 0.29) is 28.3 Å². The first-order valence-electron chi connectivity index (χ1n) is 10.3. The van der Waals surface area contributed by atoms with Gasteiger partial charge in [-0.3, -0.25) is 0 Å². The number of carbonyl (C=O) groups is 2. The number of benzene rings is 1. The largest absolute Gasteiger partial charge is 0.444 e. The van der Waals surface area contributed by atoms with Gasteiger partial charge in [0.15, 0.2) is 0 Å². The highest BCUT2D eigenvalue weighted by Gasteiger charge is 2.34. The van der Waals surface area contributed by atoms with Gasteiger partial charge in [-0.1, -0.05) is 29.3 Å². The minimum absolute atomic E-state index is 0.151. The summed E-state index contributed by atoms with van der Waals surface area (Å²) >= 11 is 12.3. The zero-order valence-corrected chi connectivity index (χ0v) is 19.9. The topological polar surface area (TPSA) is 103 Å². The fourth-order valence-corrected chi connectivity index (χ4v) is 4.13. The Kier molecular flexibility index (Phi) is 7.14. The lowest BCUT2D eigenvalue weighted by molar-refractivity contribution is 0.00989. The van der Waals surface area contributed by atoms with E-state index in [9.17, 15) is 14.4 Å². The molecule has 0 bridgehead atoms. The quantitative estimate of drug-likeness (QED) is 0.618. The fourth-order valence-electron chi connectivity index (χ4n) is 3.57. The third kappa shape index (κ3) is 5.07. The van der Waals surface area contributed by atoms with E-state index in [1.807, 2.05) is 6.92 Å². The number of halogens is 2. The molecule has 32 heavy (non-hydrogen) atoms. The van der Waals surface area contributed by atoms with Crippen LogP contribution >= 0.6 is 23.2 Å². The number of likely N-dealkylation sites (N-methyl/N-ethyl adjacent to an activating group) is 1. The second-order valence-corrected chi connectivity index (χ2v) is 9.26. The molecule has 1 saturated heterocycles. The molecule has 0 saturated carbocycles. The van der Waals surface area contributed by atoms with Crippen LogP contribution in [-0.4, -0.2) is 73.0 Å². The lowest BCUT2D eigenvalue weighted by atomic mass is 10.0. The van der Waals surface area contributed by atoms with Gasteiger partial charge in [0, 0.05) is 19.6 Å². The fraction of sp³-hybridized carbons (Fsp3) is 0.550. The summed E-state index contributed by atoms with van der Waals surface area (Å²) < 4.78 is 7.06. The van der Waals surface area contributed by atoms with Gasteiger partial charge in [0.25, 0.3) is 0 Å². The second kappa shape index (κ2) is 9.50. The van der Waals surface area contributed by atoms with E-state index in [2.05, 4.69) is 10.4 Å². The van der Waals surface area contributed by atoms with Crippen molar-refractivity contribution in [2.75, 3.05) is 19.6 Å². The van der Waals surface area contributed by atoms with Crippen molar-refractivity contribution in [1.82, 2.24) is 29.6 Å². The molecule has 174 valence electrons. The third-order valence-corrected chi connectivity index (χ3v) is 5.60. The molecule has 1 aliphatic rings. The second-order valence-electron chi connectivity index (χ2n) is 8.45.